The van der Waals surface area contributed by atoms with Crippen LogP contribution in [-0.4, -0.2) is 34.6 Å². The van der Waals surface area contributed by atoms with Gasteiger partial charge in [0.2, 0.25) is 0 Å². The Balaban J connectivity index is 1.55. The first-order valence-corrected chi connectivity index (χ1v) is 10.9. The van der Waals surface area contributed by atoms with Gasteiger partial charge >= 0.3 is 0 Å². The molecule has 4 rings (SSSR count). The molecule has 1 saturated carbocycles. The molecule has 11 heteroatoms. The number of methoxy groups -OCH3 is 1. The van der Waals surface area contributed by atoms with Crippen LogP contribution in [0.25, 0.3) is 11.3 Å². The number of nitrogen functional groups attached to an aromatic ring is 1. The van der Waals surface area contributed by atoms with Gasteiger partial charge in [-0.05, 0) is 36.6 Å². The Labute approximate surface area is 199 Å². The van der Waals surface area contributed by atoms with Gasteiger partial charge in [-0.1, -0.05) is 24.3 Å². The summed E-state index contributed by atoms with van der Waals surface area (Å²) in [7, 11) is 1.38. The van der Waals surface area contributed by atoms with Crippen molar-refractivity contribution in [1.29, 1.82) is 0 Å². The van der Waals surface area contributed by atoms with Crippen molar-refractivity contribution in [3.05, 3.63) is 65.0 Å². The van der Waals surface area contributed by atoms with Crippen molar-refractivity contribution in [2.75, 3.05) is 12.8 Å². The molecule has 8 nitrogen and oxygen atoms in total. The van der Waals surface area contributed by atoms with Gasteiger partial charge in [0, 0.05) is 18.5 Å². The summed E-state index contributed by atoms with van der Waals surface area (Å²) in [4.78, 5) is 24.6. The Morgan fingerprint density at radius 3 is 2.54 bits per heavy atom. The Morgan fingerprint density at radius 1 is 1.23 bits per heavy atom. The number of carbonyl (C=O) groups excluding carboxylic acids is 2. The number of rotatable bonds is 7. The molecule has 1 aromatic heterocycles. The predicted octanol–water partition coefficient (Wildman–Crippen LogP) is 3.67. The van der Waals surface area contributed by atoms with Crippen LogP contribution < -0.4 is 21.5 Å². The van der Waals surface area contributed by atoms with Gasteiger partial charge in [-0.25, -0.2) is 17.9 Å². The van der Waals surface area contributed by atoms with Crippen LogP contribution in [-0.2, 0) is 6.54 Å². The summed E-state index contributed by atoms with van der Waals surface area (Å²) in [5, 5.41) is 6.92. The molecule has 1 aliphatic carbocycles. The first kappa shape index (κ1) is 24.1. The number of primary amides is 1. The number of halogens is 3. The second kappa shape index (κ2) is 9.32. The molecule has 0 saturated heterocycles. The number of nitrogens with zero attached hydrogens (tertiary/aromatic N) is 2. The SMILES string of the molecule is COc1ccc(F)cc1C(=O)NCc1ccc(-c2nn(C3CCCC3(F)F)c(N)c2C(N)=O)cc1. The van der Waals surface area contributed by atoms with E-state index in [1.54, 1.807) is 24.3 Å². The number of nitrogens with one attached hydrogen (secondary N) is 1. The zero-order valence-corrected chi connectivity index (χ0v) is 18.9. The van der Waals surface area contributed by atoms with Crippen molar-refractivity contribution in [2.24, 2.45) is 5.73 Å². The van der Waals surface area contributed by atoms with Crippen molar-refractivity contribution in [1.82, 2.24) is 15.1 Å². The summed E-state index contributed by atoms with van der Waals surface area (Å²) in [5.41, 5.74) is 12.7. The van der Waals surface area contributed by atoms with Gasteiger partial charge < -0.3 is 21.5 Å². The van der Waals surface area contributed by atoms with Crippen LogP contribution in [0.3, 0.4) is 0 Å². The van der Waals surface area contributed by atoms with E-state index in [2.05, 4.69) is 10.4 Å². The molecule has 35 heavy (non-hydrogen) atoms. The molecule has 2 aromatic carbocycles. The van der Waals surface area contributed by atoms with Gasteiger partial charge in [0.05, 0.1) is 12.7 Å². The normalized spacial score (nSPS) is 16.7. The zero-order valence-electron chi connectivity index (χ0n) is 18.9. The minimum atomic E-state index is -2.99. The quantitative estimate of drug-likeness (QED) is 0.469. The fraction of sp³-hybridized carbons (Fsp3) is 0.292. The Morgan fingerprint density at radius 2 is 1.94 bits per heavy atom. The Hall–Kier alpha value is -4.02. The van der Waals surface area contributed by atoms with E-state index < -0.39 is 29.6 Å². The van der Waals surface area contributed by atoms with Crippen molar-refractivity contribution < 1.29 is 27.5 Å². The lowest BCUT2D eigenvalue weighted by molar-refractivity contribution is -0.0336. The number of nitrogens with two attached hydrogens (primary N) is 2. The van der Waals surface area contributed by atoms with Gasteiger partial charge in [0.1, 0.15) is 34.7 Å². The topological polar surface area (TPSA) is 125 Å². The molecule has 2 amide bonds. The number of aromatic nitrogens is 2. The summed E-state index contributed by atoms with van der Waals surface area (Å²) in [6.45, 7) is 0.117. The Kier molecular flexibility index (Phi) is 6.42. The van der Waals surface area contributed by atoms with Crippen molar-refractivity contribution in [2.45, 2.75) is 37.8 Å². The number of hydrogen-bond donors (Lipinski definition) is 3. The second-order valence-corrected chi connectivity index (χ2v) is 8.31. The van der Waals surface area contributed by atoms with E-state index in [9.17, 15) is 22.8 Å². The first-order valence-electron chi connectivity index (χ1n) is 10.9. The highest BCUT2D eigenvalue weighted by molar-refractivity contribution is 6.03. The summed E-state index contributed by atoms with van der Waals surface area (Å²) >= 11 is 0. The van der Waals surface area contributed by atoms with E-state index in [-0.39, 0.29) is 47.8 Å². The van der Waals surface area contributed by atoms with E-state index in [4.69, 9.17) is 16.2 Å². The maximum Gasteiger partial charge on any atom is 0.270 e. The lowest BCUT2D eigenvalue weighted by Gasteiger charge is -2.20. The van der Waals surface area contributed by atoms with Crippen LogP contribution in [0.15, 0.2) is 42.5 Å². The molecule has 0 bridgehead atoms. The molecule has 0 spiro atoms. The smallest absolute Gasteiger partial charge is 0.270 e. The zero-order chi connectivity index (χ0) is 25.3. The summed E-state index contributed by atoms with van der Waals surface area (Å²) in [6, 6.07) is 8.97. The van der Waals surface area contributed by atoms with Crippen LogP contribution in [0.2, 0.25) is 0 Å². The highest BCUT2D eigenvalue weighted by atomic mass is 19.3. The number of benzene rings is 2. The molecular formula is C24H24F3N5O3. The minimum absolute atomic E-state index is 0.0555. The van der Waals surface area contributed by atoms with E-state index in [1.165, 1.54) is 19.2 Å². The highest BCUT2D eigenvalue weighted by Gasteiger charge is 2.47. The lowest BCUT2D eigenvalue weighted by atomic mass is 10.0. The molecule has 0 radical (unpaired) electrons. The molecule has 5 N–H and O–H groups in total. The molecule has 1 aliphatic rings. The molecule has 1 atom stereocenters. The maximum absolute atomic E-state index is 14.3. The van der Waals surface area contributed by atoms with Crippen LogP contribution in [0.1, 0.15) is 51.6 Å². The van der Waals surface area contributed by atoms with Crippen molar-refractivity contribution in [3.63, 3.8) is 0 Å². The van der Waals surface area contributed by atoms with E-state index >= 15 is 0 Å². The standard InChI is InChI=1S/C24H24F3N5O3/c1-35-17-9-8-15(25)11-16(17)23(34)30-12-13-4-6-14(7-5-13)20-19(22(29)33)21(28)32(31-20)18-3-2-10-24(18,26)27/h4-9,11,18H,2-3,10,12,28H2,1H3,(H2,29,33)(H,30,34). The monoisotopic (exact) mass is 487 g/mol. The fourth-order valence-electron chi connectivity index (χ4n) is 4.26. The summed E-state index contributed by atoms with van der Waals surface area (Å²) in [5.74, 6) is -4.91. The van der Waals surface area contributed by atoms with Crippen LogP contribution in [0.4, 0.5) is 19.0 Å². The largest absolute Gasteiger partial charge is 0.496 e. The van der Waals surface area contributed by atoms with Crippen LogP contribution in [0.5, 0.6) is 5.75 Å². The molecular weight excluding hydrogens is 463 g/mol. The number of hydrogen-bond acceptors (Lipinski definition) is 5. The third-order valence-electron chi connectivity index (χ3n) is 6.05. The maximum atomic E-state index is 14.3. The van der Waals surface area contributed by atoms with Crippen molar-refractivity contribution >= 4 is 17.6 Å². The fourth-order valence-corrected chi connectivity index (χ4v) is 4.26. The van der Waals surface area contributed by atoms with Gasteiger partial charge in [-0.15, -0.1) is 0 Å². The van der Waals surface area contributed by atoms with E-state index in [0.717, 1.165) is 10.7 Å². The number of amides is 2. The molecule has 0 aliphatic heterocycles. The lowest BCUT2D eigenvalue weighted by Crippen LogP contribution is -2.27. The summed E-state index contributed by atoms with van der Waals surface area (Å²) in [6.07, 6.45) is 0.228. The predicted molar refractivity (Wildman–Crippen MR) is 123 cm³/mol. The highest BCUT2D eigenvalue weighted by Crippen LogP contribution is 2.45. The van der Waals surface area contributed by atoms with E-state index in [1.807, 2.05) is 0 Å². The average Bonchev–Trinajstić information content (AvgIpc) is 3.35. The molecule has 184 valence electrons. The van der Waals surface area contributed by atoms with Crippen LogP contribution in [0, 0.1) is 5.82 Å². The summed E-state index contributed by atoms with van der Waals surface area (Å²) < 4.78 is 48.3. The molecule has 3 aromatic rings. The minimum Gasteiger partial charge on any atom is -0.496 e. The number of ether oxygens (including phenoxy) is 1. The number of carbonyl (C=O) groups is 2. The van der Waals surface area contributed by atoms with E-state index in [0.29, 0.717) is 17.5 Å². The first-order chi connectivity index (χ1) is 16.6. The Bertz CT molecular complexity index is 1270. The number of anilines is 1. The molecule has 1 fully saturated rings. The van der Waals surface area contributed by atoms with Crippen LogP contribution >= 0.6 is 0 Å². The molecule has 1 heterocycles. The van der Waals surface area contributed by atoms with Crippen molar-refractivity contribution in [3.8, 4) is 17.0 Å². The van der Waals surface area contributed by atoms with Gasteiger partial charge in [0.15, 0.2) is 0 Å². The average molecular weight is 487 g/mol. The number of alkyl halides is 2. The third-order valence-corrected chi connectivity index (χ3v) is 6.05. The third kappa shape index (κ3) is 4.66. The van der Waals surface area contributed by atoms with Gasteiger partial charge in [0.25, 0.3) is 17.7 Å². The van der Waals surface area contributed by atoms with Gasteiger partial charge in [-0.3, -0.25) is 9.59 Å². The second-order valence-electron chi connectivity index (χ2n) is 8.31. The molecule has 1 unspecified atom stereocenters. The van der Waals surface area contributed by atoms with Gasteiger partial charge in [-0.2, -0.15) is 5.10 Å².